The fourth-order valence-corrected chi connectivity index (χ4v) is 20.8. The van der Waals surface area contributed by atoms with Crippen molar-refractivity contribution < 1.29 is 19.8 Å². The van der Waals surface area contributed by atoms with Gasteiger partial charge in [0.25, 0.3) is 6.71 Å². The van der Waals surface area contributed by atoms with Gasteiger partial charge in [-0.25, -0.2) is 0 Å². The summed E-state index contributed by atoms with van der Waals surface area (Å²) in [5.74, 6) is 0. The van der Waals surface area contributed by atoms with Gasteiger partial charge >= 0.3 is 0 Å². The minimum Gasteiger partial charge on any atom is -0.452 e. The molecule has 0 fully saturated rings. The third-order valence-electron chi connectivity index (χ3n) is 27.9. The average molecular weight is 1660 g/mol. The van der Waals surface area contributed by atoms with E-state index in [9.17, 15) is 11.0 Å². The quantitative estimate of drug-likeness (QED) is 0.156. The SMILES string of the molecule is [2H]c1c([2H])c([2H])c2c(c1[2H])c1c([2H])c([2H])c([2H])c([2H])c1n2-c1ccc2c(c1)N(c1cccc3c1oc1c(-n4c5ccc(C(C)(C)C)cc5c5cc(C(C)(C)C)ccc54)cccc13)c1cc(C(C)(C)C)cc3c1B2c1ccc(-n2c4ccc(C(C)(C)C)cc4c4cc(C(C)(C)C)ccc42)cc1N3c1cccc2c1oc1c(-n3c4ccc(C(C)(C)C)cc4c4cc(C(C)(C)C)ccc43)cccc12. The molecule has 8 nitrogen and oxygen atoms in total. The van der Waals surface area contributed by atoms with Gasteiger partial charge in [-0.3, -0.25) is 0 Å². The zero-order valence-electron chi connectivity index (χ0n) is 84.5. The number of hydrogen-bond acceptors (Lipinski definition) is 4. The van der Waals surface area contributed by atoms with Crippen LogP contribution in [0.25, 0.3) is 154 Å². The van der Waals surface area contributed by atoms with Crippen LogP contribution >= 0.6 is 0 Å². The summed E-state index contributed by atoms with van der Waals surface area (Å²) in [7, 11) is 0. The summed E-state index contributed by atoms with van der Waals surface area (Å²) in [6, 6.07) is 82.3. The van der Waals surface area contributed by atoms with Crippen LogP contribution < -0.4 is 26.2 Å². The van der Waals surface area contributed by atoms with E-state index < -0.39 is 48.4 Å². The third-order valence-corrected chi connectivity index (χ3v) is 27.9. The molecule has 9 heteroatoms. The molecule has 0 bridgehead atoms. The van der Waals surface area contributed by atoms with Gasteiger partial charge in [0, 0.05) is 98.8 Å². The lowest BCUT2D eigenvalue weighted by Gasteiger charge is -2.45. The first kappa shape index (κ1) is 70.0. The molecule has 0 N–H and O–H groups in total. The van der Waals surface area contributed by atoms with E-state index in [4.69, 9.17) is 8.83 Å². The molecule has 2 aliphatic heterocycles. The number of furan rings is 2. The molecule has 0 amide bonds. The fraction of sp³-hybridized carbons (Fsp3) is 0.237. The normalized spacial score (nSPS) is 14.7. The molecule has 6 aromatic heterocycles. The largest absolute Gasteiger partial charge is 0.452 e. The Balaban J connectivity index is 0.843. The number of fused-ring (bicyclic) bond motifs is 22. The molecule has 127 heavy (non-hydrogen) atoms. The highest BCUT2D eigenvalue weighted by molar-refractivity contribution is 7.00. The van der Waals surface area contributed by atoms with Crippen molar-refractivity contribution >= 4 is 188 Å². The Morgan fingerprint density at radius 1 is 0.220 bits per heavy atom. The van der Waals surface area contributed by atoms with E-state index in [0.717, 1.165) is 144 Å². The zero-order chi connectivity index (χ0) is 94.8. The highest BCUT2D eigenvalue weighted by Gasteiger charge is 2.46. The van der Waals surface area contributed by atoms with Gasteiger partial charge in [0.15, 0.2) is 22.3 Å². The van der Waals surface area contributed by atoms with Gasteiger partial charge in [-0.1, -0.05) is 279 Å². The van der Waals surface area contributed by atoms with Crippen LogP contribution in [0, 0.1) is 0 Å². The van der Waals surface area contributed by atoms with Crippen LogP contribution in [0.4, 0.5) is 34.1 Å². The molecule has 15 aromatic carbocycles. The van der Waals surface area contributed by atoms with Crippen molar-refractivity contribution in [3.63, 3.8) is 0 Å². The van der Waals surface area contributed by atoms with E-state index >= 15 is 0 Å². The van der Waals surface area contributed by atoms with Crippen molar-refractivity contribution in [2.75, 3.05) is 9.80 Å². The molecule has 2 aliphatic rings. The molecular formula is C118H109BN6O2. The predicted octanol–water partition coefficient (Wildman–Crippen LogP) is 31.0. The minimum absolute atomic E-state index is 0.00535. The van der Waals surface area contributed by atoms with Crippen molar-refractivity contribution in [2.24, 2.45) is 0 Å². The highest BCUT2D eigenvalue weighted by Crippen LogP contribution is 2.54. The Morgan fingerprint density at radius 2 is 0.488 bits per heavy atom. The number of para-hydroxylation sites is 6. The lowest BCUT2D eigenvalue weighted by Crippen LogP contribution is -2.61. The van der Waals surface area contributed by atoms with E-state index in [1.807, 2.05) is 6.07 Å². The summed E-state index contributed by atoms with van der Waals surface area (Å²) >= 11 is 0. The van der Waals surface area contributed by atoms with Gasteiger partial charge in [0.1, 0.15) is 0 Å². The van der Waals surface area contributed by atoms with Crippen LogP contribution in [0.3, 0.4) is 0 Å². The molecule has 21 aromatic rings. The molecule has 0 saturated heterocycles. The molecule has 23 rings (SSSR count). The molecule has 8 heterocycles. The maximum atomic E-state index is 9.96. The Hall–Kier alpha value is -13.2. The van der Waals surface area contributed by atoms with E-state index in [0.29, 0.717) is 33.8 Å². The smallest absolute Gasteiger partial charge is 0.252 e. The molecule has 626 valence electrons. The molecule has 0 saturated carbocycles. The van der Waals surface area contributed by atoms with Gasteiger partial charge in [0.2, 0.25) is 0 Å². The summed E-state index contributed by atoms with van der Waals surface area (Å²) in [6.07, 6.45) is 0. The van der Waals surface area contributed by atoms with Crippen LogP contribution in [0.1, 0.15) is 195 Å². The van der Waals surface area contributed by atoms with Crippen molar-refractivity contribution in [1.29, 1.82) is 0 Å². The molecule has 0 unspecified atom stereocenters. The van der Waals surface area contributed by atoms with Gasteiger partial charge in [-0.15, -0.1) is 0 Å². The summed E-state index contributed by atoms with van der Waals surface area (Å²) in [4.78, 5) is 4.83. The van der Waals surface area contributed by atoms with Crippen molar-refractivity contribution in [1.82, 2.24) is 18.3 Å². The maximum Gasteiger partial charge on any atom is 0.252 e. The van der Waals surface area contributed by atoms with E-state index in [-0.39, 0.29) is 66.4 Å². The van der Waals surface area contributed by atoms with Crippen molar-refractivity contribution in [3.05, 3.63) is 318 Å². The van der Waals surface area contributed by atoms with Crippen LogP contribution in [0.2, 0.25) is 0 Å². The maximum absolute atomic E-state index is 9.96. The van der Waals surface area contributed by atoms with Gasteiger partial charge in [-0.2, -0.15) is 0 Å². The lowest BCUT2D eigenvalue weighted by molar-refractivity contribution is 0.590. The summed E-state index contributed by atoms with van der Waals surface area (Å²) in [5, 5.41) is 10.7. The Kier molecular flexibility index (Phi) is 14.7. The number of rotatable bonds is 6. The lowest BCUT2D eigenvalue weighted by atomic mass is 9.33. The van der Waals surface area contributed by atoms with Crippen molar-refractivity contribution in [3.8, 4) is 22.7 Å². The van der Waals surface area contributed by atoms with Gasteiger partial charge in [-0.05, 0) is 239 Å². The molecule has 0 atom stereocenters. The Bertz CT molecular complexity index is 8570. The third kappa shape index (κ3) is 11.8. The number of hydrogen-bond donors (Lipinski definition) is 0. The topological polar surface area (TPSA) is 52.5 Å². The first-order chi connectivity index (χ1) is 63.7. The predicted molar refractivity (Wildman–Crippen MR) is 543 cm³/mol. The van der Waals surface area contributed by atoms with E-state index in [1.54, 1.807) is 4.57 Å². The molecular weight excluding hydrogens is 1540 g/mol. The summed E-state index contributed by atoms with van der Waals surface area (Å²) in [6.45, 7) is 47.3. The number of benzene rings is 15. The summed E-state index contributed by atoms with van der Waals surface area (Å²) in [5.41, 5.74) is 27.3. The van der Waals surface area contributed by atoms with Crippen LogP contribution in [-0.4, -0.2) is 25.0 Å². The van der Waals surface area contributed by atoms with Gasteiger partial charge in [0.05, 0.1) is 77.8 Å². The van der Waals surface area contributed by atoms with Crippen molar-refractivity contribution in [2.45, 2.75) is 183 Å². The molecule has 0 spiro atoms. The second-order valence-corrected chi connectivity index (χ2v) is 43.3. The molecule has 0 radical (unpaired) electrons. The average Bonchev–Trinajstić information content (AvgIpc) is 1.62. The first-order valence-electron chi connectivity index (χ1n) is 49.0. The highest BCUT2D eigenvalue weighted by atomic mass is 16.3. The van der Waals surface area contributed by atoms with E-state index in [1.165, 1.54) is 44.2 Å². The number of nitrogens with zero attached hydrogens (tertiary/aromatic N) is 6. The molecule has 0 aliphatic carbocycles. The van der Waals surface area contributed by atoms with Crippen LogP contribution in [0.15, 0.2) is 288 Å². The Labute approximate surface area is 755 Å². The minimum atomic E-state index is -0.553. The fourth-order valence-electron chi connectivity index (χ4n) is 20.8. The van der Waals surface area contributed by atoms with Crippen LogP contribution in [-0.2, 0) is 37.9 Å². The number of aromatic nitrogens is 4. The van der Waals surface area contributed by atoms with Crippen LogP contribution in [0.5, 0.6) is 0 Å². The number of anilines is 6. The Morgan fingerprint density at radius 3 is 0.787 bits per heavy atom. The summed E-state index contributed by atoms with van der Waals surface area (Å²) < 4.78 is 101. The van der Waals surface area contributed by atoms with E-state index in [2.05, 4.69) is 393 Å². The first-order valence-corrected chi connectivity index (χ1v) is 45.0. The van der Waals surface area contributed by atoms with Gasteiger partial charge < -0.3 is 36.9 Å². The second-order valence-electron chi connectivity index (χ2n) is 43.3. The standard InChI is InChI=1S/C118H109BN6O2/c1-112(2,3)68-42-52-93-83(58-68)84-59-69(113(4,5)6)43-53-94(84)121(93)76-49-51-90-104(67-76)125(102-41-29-35-82-80-33-27-39-100(109(80)127-111(82)102)123-97-56-46-72(116(13,14)15)62-87(97)88-63-73(117(16,17)18)47-57-98(88)123)106-65-74(118(19,20)21)64-105-107(106)119(90)89-50-48-75(120-91-36-24-22-30-77(91)78-31-23-25-37-92(78)120)66-103(89)124(105)101-40-28-34-81-79-32-26-38-99(108(79)126-110(81)101)122-95-54-44-70(114(7,8)9)60-85(95)86-61-71(115(10,11)12)45-55-96(86)122/h22-67H,1-21H3/i22D,23D,24D,25D,30D,31D,36D,37D. The monoisotopic (exact) mass is 1660 g/mol. The zero-order valence-corrected chi connectivity index (χ0v) is 76.5. The second kappa shape index (κ2) is 26.7.